The summed E-state index contributed by atoms with van der Waals surface area (Å²) in [4.78, 5) is 3.29. The first kappa shape index (κ1) is 15.1. The van der Waals surface area contributed by atoms with E-state index < -0.39 is 0 Å². The van der Waals surface area contributed by atoms with Gasteiger partial charge in [0.15, 0.2) is 0 Å². The molecule has 0 bridgehead atoms. The minimum atomic E-state index is 0.781. The van der Waals surface area contributed by atoms with Crippen LogP contribution in [0.4, 0.5) is 0 Å². The van der Waals surface area contributed by atoms with Crippen LogP contribution in [0.5, 0.6) is 0 Å². The van der Waals surface area contributed by atoms with Crippen LogP contribution in [0.1, 0.15) is 23.7 Å². The molecule has 5 heteroatoms. The lowest BCUT2D eigenvalue weighted by molar-refractivity contribution is 0.633. The van der Waals surface area contributed by atoms with E-state index in [-0.39, 0.29) is 0 Å². The zero-order valence-electron chi connectivity index (χ0n) is 13.0. The Morgan fingerprint density at radius 1 is 1.32 bits per heavy atom. The second-order valence-electron chi connectivity index (χ2n) is 5.50. The van der Waals surface area contributed by atoms with Gasteiger partial charge in [-0.05, 0) is 50.6 Å². The van der Waals surface area contributed by atoms with Gasteiger partial charge >= 0.3 is 0 Å². The maximum atomic E-state index is 6.08. The average Bonchev–Trinajstić information content (AvgIpc) is 3.07. The highest BCUT2D eigenvalue weighted by molar-refractivity contribution is 6.31. The minimum absolute atomic E-state index is 0.781. The third-order valence-electron chi connectivity index (χ3n) is 4.12. The topological polar surface area (TPSA) is 45.6 Å². The molecule has 0 atom stereocenters. The molecule has 22 heavy (non-hydrogen) atoms. The van der Waals surface area contributed by atoms with Gasteiger partial charge in [-0.3, -0.25) is 4.68 Å². The molecule has 3 rings (SSSR count). The molecule has 2 N–H and O–H groups in total. The molecule has 1 aromatic carbocycles. The number of rotatable bonds is 6. The molecular formula is C17H21ClN4. The van der Waals surface area contributed by atoms with E-state index in [4.69, 9.17) is 11.6 Å². The molecule has 0 aliphatic rings. The molecule has 0 aliphatic heterocycles. The summed E-state index contributed by atoms with van der Waals surface area (Å²) in [5.41, 5.74) is 4.95. The molecule has 0 spiro atoms. The number of fused-ring (bicyclic) bond motifs is 1. The first-order chi connectivity index (χ1) is 10.7. The summed E-state index contributed by atoms with van der Waals surface area (Å²) in [7, 11) is 0. The normalized spacial score (nSPS) is 11.4. The van der Waals surface area contributed by atoms with Gasteiger partial charge in [-0.15, -0.1) is 0 Å². The fourth-order valence-corrected chi connectivity index (χ4v) is 2.95. The van der Waals surface area contributed by atoms with Crippen LogP contribution in [0.3, 0.4) is 0 Å². The van der Waals surface area contributed by atoms with Crippen molar-refractivity contribution >= 4 is 22.5 Å². The van der Waals surface area contributed by atoms with Crippen molar-refractivity contribution in [2.45, 2.75) is 33.4 Å². The molecule has 0 saturated carbocycles. The zero-order valence-corrected chi connectivity index (χ0v) is 13.7. The van der Waals surface area contributed by atoms with E-state index in [1.807, 2.05) is 29.1 Å². The predicted octanol–water partition coefficient (Wildman–Crippen LogP) is 3.68. The number of aryl methyl sites for hydroxylation is 1. The number of hydrogen-bond acceptors (Lipinski definition) is 2. The van der Waals surface area contributed by atoms with Crippen LogP contribution in [0.25, 0.3) is 10.9 Å². The van der Waals surface area contributed by atoms with Gasteiger partial charge in [0.25, 0.3) is 0 Å². The van der Waals surface area contributed by atoms with Crippen molar-refractivity contribution < 1.29 is 0 Å². The molecule has 0 amide bonds. The second-order valence-corrected chi connectivity index (χ2v) is 5.94. The standard InChI is InChI=1S/C17H21ClN4/c1-3-22-12(2)14(11-21-22)9-19-7-6-13-10-20-17-5-4-15(18)8-16(13)17/h4-5,8,10-11,19-20H,3,6-7,9H2,1-2H3. The molecule has 116 valence electrons. The molecular weight excluding hydrogens is 296 g/mol. The molecule has 0 saturated heterocycles. The van der Waals surface area contributed by atoms with Gasteiger partial charge in [0.2, 0.25) is 0 Å². The van der Waals surface area contributed by atoms with Gasteiger partial charge in [-0.1, -0.05) is 11.6 Å². The van der Waals surface area contributed by atoms with E-state index in [0.717, 1.165) is 36.6 Å². The van der Waals surface area contributed by atoms with E-state index in [2.05, 4.69) is 35.4 Å². The first-order valence-electron chi connectivity index (χ1n) is 7.66. The third-order valence-corrected chi connectivity index (χ3v) is 4.36. The number of benzene rings is 1. The summed E-state index contributed by atoms with van der Waals surface area (Å²) >= 11 is 6.08. The molecule has 2 aromatic heterocycles. The molecule has 0 aliphatic carbocycles. The van der Waals surface area contributed by atoms with Crippen LogP contribution in [0.2, 0.25) is 5.02 Å². The largest absolute Gasteiger partial charge is 0.361 e. The fraction of sp³-hybridized carbons (Fsp3) is 0.353. The molecule has 4 nitrogen and oxygen atoms in total. The summed E-state index contributed by atoms with van der Waals surface area (Å²) < 4.78 is 2.03. The quantitative estimate of drug-likeness (QED) is 0.681. The van der Waals surface area contributed by atoms with Crippen LogP contribution in [-0.2, 0) is 19.5 Å². The van der Waals surface area contributed by atoms with Crippen LogP contribution >= 0.6 is 11.6 Å². The van der Waals surface area contributed by atoms with Crippen LogP contribution in [0.15, 0.2) is 30.6 Å². The number of nitrogens with one attached hydrogen (secondary N) is 2. The lowest BCUT2D eigenvalue weighted by Crippen LogP contribution is -2.17. The number of nitrogens with zero attached hydrogens (tertiary/aromatic N) is 2. The zero-order chi connectivity index (χ0) is 15.5. The van der Waals surface area contributed by atoms with Crippen molar-refractivity contribution in [3.05, 3.63) is 52.4 Å². The Balaban J connectivity index is 1.58. The highest BCUT2D eigenvalue weighted by Crippen LogP contribution is 2.22. The Bertz CT molecular complexity index is 772. The van der Waals surface area contributed by atoms with Crippen molar-refractivity contribution in [1.82, 2.24) is 20.1 Å². The molecule has 3 aromatic rings. The Kier molecular flexibility index (Phi) is 4.50. The third kappa shape index (κ3) is 3.03. The van der Waals surface area contributed by atoms with Gasteiger partial charge in [-0.2, -0.15) is 5.10 Å². The van der Waals surface area contributed by atoms with E-state index in [9.17, 15) is 0 Å². The van der Waals surface area contributed by atoms with Crippen molar-refractivity contribution in [1.29, 1.82) is 0 Å². The molecule has 0 radical (unpaired) electrons. The van der Waals surface area contributed by atoms with Crippen LogP contribution < -0.4 is 5.32 Å². The summed E-state index contributed by atoms with van der Waals surface area (Å²) in [6.07, 6.45) is 5.00. The van der Waals surface area contributed by atoms with Gasteiger partial charge < -0.3 is 10.3 Å². The average molecular weight is 317 g/mol. The lowest BCUT2D eigenvalue weighted by atomic mass is 10.1. The van der Waals surface area contributed by atoms with Gasteiger partial charge in [0, 0.05) is 46.5 Å². The van der Waals surface area contributed by atoms with Crippen LogP contribution in [-0.4, -0.2) is 21.3 Å². The number of aromatic nitrogens is 3. The first-order valence-corrected chi connectivity index (χ1v) is 8.04. The monoisotopic (exact) mass is 316 g/mol. The fourth-order valence-electron chi connectivity index (χ4n) is 2.78. The molecule has 0 fully saturated rings. The van der Waals surface area contributed by atoms with Crippen molar-refractivity contribution in [3.63, 3.8) is 0 Å². The highest BCUT2D eigenvalue weighted by atomic mass is 35.5. The smallest absolute Gasteiger partial charge is 0.0537 e. The maximum absolute atomic E-state index is 6.08. The number of H-pyrrole nitrogens is 1. The number of aromatic amines is 1. The van der Waals surface area contributed by atoms with Gasteiger partial charge in [0.1, 0.15) is 0 Å². The Morgan fingerprint density at radius 2 is 2.18 bits per heavy atom. The van der Waals surface area contributed by atoms with E-state index in [1.165, 1.54) is 22.2 Å². The summed E-state index contributed by atoms with van der Waals surface area (Å²) in [6.45, 7) is 6.93. The van der Waals surface area contributed by atoms with E-state index in [1.54, 1.807) is 0 Å². The van der Waals surface area contributed by atoms with E-state index >= 15 is 0 Å². The van der Waals surface area contributed by atoms with Crippen LogP contribution in [0, 0.1) is 6.92 Å². The van der Waals surface area contributed by atoms with Crippen molar-refractivity contribution in [2.24, 2.45) is 0 Å². The minimum Gasteiger partial charge on any atom is -0.361 e. The van der Waals surface area contributed by atoms with Crippen molar-refractivity contribution in [2.75, 3.05) is 6.54 Å². The number of hydrogen-bond donors (Lipinski definition) is 2. The number of halogens is 1. The summed E-state index contributed by atoms with van der Waals surface area (Å²) in [5, 5.41) is 9.86. The Labute approximate surface area is 135 Å². The van der Waals surface area contributed by atoms with Gasteiger partial charge in [0.05, 0.1) is 6.20 Å². The summed E-state index contributed by atoms with van der Waals surface area (Å²) in [6, 6.07) is 5.96. The van der Waals surface area contributed by atoms with Gasteiger partial charge in [-0.25, -0.2) is 0 Å². The highest BCUT2D eigenvalue weighted by Gasteiger charge is 2.06. The second kappa shape index (κ2) is 6.55. The Morgan fingerprint density at radius 3 is 2.95 bits per heavy atom. The van der Waals surface area contributed by atoms with Crippen molar-refractivity contribution in [3.8, 4) is 0 Å². The SMILES string of the molecule is CCn1ncc(CNCCc2c[nH]c3ccc(Cl)cc23)c1C. The van der Waals surface area contributed by atoms with E-state index in [0.29, 0.717) is 0 Å². The predicted molar refractivity (Wildman–Crippen MR) is 91.4 cm³/mol. The molecule has 0 unspecified atom stereocenters. The lowest BCUT2D eigenvalue weighted by Gasteiger charge is -2.05. The maximum Gasteiger partial charge on any atom is 0.0537 e. The summed E-state index contributed by atoms with van der Waals surface area (Å²) in [5.74, 6) is 0. The molecule has 2 heterocycles. The Hall–Kier alpha value is -1.78.